The number of para-hydroxylation sites is 2. The van der Waals surface area contributed by atoms with E-state index in [2.05, 4.69) is 4.90 Å². The summed E-state index contributed by atoms with van der Waals surface area (Å²) in [5.74, 6) is -0.315. The highest BCUT2D eigenvalue weighted by molar-refractivity contribution is 5.94. The molecule has 1 amide bonds. The summed E-state index contributed by atoms with van der Waals surface area (Å²) in [5, 5.41) is 9.79. The zero-order valence-corrected chi connectivity index (χ0v) is 16.1. The molecular formula is C21H24N2O5. The van der Waals surface area contributed by atoms with Gasteiger partial charge in [0.25, 0.3) is 5.91 Å². The molecule has 0 saturated carbocycles. The van der Waals surface area contributed by atoms with Gasteiger partial charge >= 0.3 is 5.97 Å². The van der Waals surface area contributed by atoms with Crippen molar-refractivity contribution >= 4 is 17.6 Å². The number of methoxy groups -OCH3 is 1. The number of piperazine rings is 1. The Bertz CT molecular complexity index is 860. The maximum Gasteiger partial charge on any atom is 0.342 e. The Kier molecular flexibility index (Phi) is 6.03. The van der Waals surface area contributed by atoms with Gasteiger partial charge in [0.1, 0.15) is 17.1 Å². The van der Waals surface area contributed by atoms with Crippen molar-refractivity contribution < 1.29 is 24.2 Å². The lowest BCUT2D eigenvalue weighted by Gasteiger charge is -2.36. The first-order valence-electron chi connectivity index (χ1n) is 9.12. The minimum absolute atomic E-state index is 0.0637. The molecule has 7 heteroatoms. The van der Waals surface area contributed by atoms with E-state index in [-0.39, 0.29) is 23.8 Å². The topological polar surface area (TPSA) is 79.3 Å². The Hall–Kier alpha value is -3.22. The highest BCUT2D eigenvalue weighted by Crippen LogP contribution is 2.28. The SMILES string of the molecule is COc1ccccc1N1CCN(C(=O)COC(=O)c2cc(C)ccc2O)CC1. The molecule has 0 aromatic heterocycles. The number of benzene rings is 2. The fourth-order valence-electron chi connectivity index (χ4n) is 3.20. The van der Waals surface area contributed by atoms with Crippen molar-refractivity contribution in [1.29, 1.82) is 0 Å². The number of hydrogen-bond donors (Lipinski definition) is 1. The number of phenolic OH excluding ortho intramolecular Hbond substituents is 1. The van der Waals surface area contributed by atoms with Gasteiger partial charge in [0.2, 0.25) is 0 Å². The third kappa shape index (κ3) is 4.36. The molecule has 1 N–H and O–H groups in total. The predicted molar refractivity (Wildman–Crippen MR) is 105 cm³/mol. The van der Waals surface area contributed by atoms with Gasteiger partial charge in [-0.25, -0.2) is 4.79 Å². The van der Waals surface area contributed by atoms with Crippen molar-refractivity contribution in [2.24, 2.45) is 0 Å². The molecule has 1 aliphatic rings. The van der Waals surface area contributed by atoms with Crippen LogP contribution in [0.4, 0.5) is 5.69 Å². The van der Waals surface area contributed by atoms with Gasteiger partial charge in [0.05, 0.1) is 12.8 Å². The number of ether oxygens (including phenoxy) is 2. The third-order valence-electron chi connectivity index (χ3n) is 4.76. The standard InChI is InChI=1S/C21H24N2O5/c1-15-7-8-18(24)16(13-15)21(26)28-14-20(25)23-11-9-22(10-12-23)17-5-3-4-6-19(17)27-2/h3-8,13,24H,9-12,14H2,1-2H3. The molecule has 0 spiro atoms. The van der Waals surface area contributed by atoms with E-state index in [9.17, 15) is 14.7 Å². The lowest BCUT2D eigenvalue weighted by atomic mass is 10.1. The molecule has 148 valence electrons. The van der Waals surface area contributed by atoms with Crippen LogP contribution in [0.25, 0.3) is 0 Å². The van der Waals surface area contributed by atoms with Crippen LogP contribution in [0.5, 0.6) is 11.5 Å². The largest absolute Gasteiger partial charge is 0.507 e. The zero-order chi connectivity index (χ0) is 20.1. The minimum atomic E-state index is -0.706. The fourth-order valence-corrected chi connectivity index (χ4v) is 3.20. The minimum Gasteiger partial charge on any atom is -0.507 e. The number of aromatic hydroxyl groups is 1. The van der Waals surface area contributed by atoms with Crippen LogP contribution in [-0.4, -0.2) is 61.8 Å². The normalized spacial score (nSPS) is 13.9. The average molecular weight is 384 g/mol. The molecule has 1 aliphatic heterocycles. The Morgan fingerprint density at radius 1 is 1.07 bits per heavy atom. The number of aryl methyl sites for hydroxylation is 1. The molecule has 1 fully saturated rings. The number of anilines is 1. The van der Waals surface area contributed by atoms with E-state index < -0.39 is 5.97 Å². The lowest BCUT2D eigenvalue weighted by molar-refractivity contribution is -0.134. The summed E-state index contributed by atoms with van der Waals surface area (Å²) in [4.78, 5) is 28.4. The van der Waals surface area contributed by atoms with Crippen molar-refractivity contribution in [1.82, 2.24) is 4.90 Å². The maximum absolute atomic E-state index is 12.4. The van der Waals surface area contributed by atoms with E-state index in [0.29, 0.717) is 26.2 Å². The Labute approximate surface area is 164 Å². The van der Waals surface area contributed by atoms with Gasteiger partial charge in [-0.1, -0.05) is 23.8 Å². The molecule has 0 radical (unpaired) electrons. The number of esters is 1. The Morgan fingerprint density at radius 2 is 1.79 bits per heavy atom. The average Bonchev–Trinajstić information content (AvgIpc) is 2.73. The molecule has 3 rings (SSSR count). The zero-order valence-electron chi connectivity index (χ0n) is 16.1. The van der Waals surface area contributed by atoms with Gasteiger partial charge in [-0.3, -0.25) is 4.79 Å². The number of nitrogens with zero attached hydrogens (tertiary/aromatic N) is 2. The Morgan fingerprint density at radius 3 is 2.50 bits per heavy atom. The molecule has 28 heavy (non-hydrogen) atoms. The number of rotatable bonds is 5. The summed E-state index contributed by atoms with van der Waals surface area (Å²) in [7, 11) is 1.64. The second-order valence-corrected chi connectivity index (χ2v) is 6.64. The Balaban J connectivity index is 1.53. The van der Waals surface area contributed by atoms with Crippen LogP contribution in [0.15, 0.2) is 42.5 Å². The molecule has 2 aromatic rings. The number of amides is 1. The van der Waals surface area contributed by atoms with Crippen LogP contribution in [0.1, 0.15) is 15.9 Å². The molecule has 0 atom stereocenters. The van der Waals surface area contributed by atoms with Crippen LogP contribution in [0, 0.1) is 6.92 Å². The molecule has 0 aliphatic carbocycles. The highest BCUT2D eigenvalue weighted by Gasteiger charge is 2.24. The van der Waals surface area contributed by atoms with Crippen molar-refractivity contribution in [3.63, 3.8) is 0 Å². The summed E-state index contributed by atoms with van der Waals surface area (Å²) in [6.07, 6.45) is 0. The van der Waals surface area contributed by atoms with E-state index in [1.807, 2.05) is 31.2 Å². The van der Waals surface area contributed by atoms with Crippen LogP contribution in [0.2, 0.25) is 0 Å². The van der Waals surface area contributed by atoms with Crippen LogP contribution in [0.3, 0.4) is 0 Å². The third-order valence-corrected chi connectivity index (χ3v) is 4.76. The van der Waals surface area contributed by atoms with Gasteiger partial charge in [-0.2, -0.15) is 0 Å². The number of hydrogen-bond acceptors (Lipinski definition) is 6. The summed E-state index contributed by atoms with van der Waals surface area (Å²) in [6.45, 7) is 3.86. The smallest absolute Gasteiger partial charge is 0.342 e. The number of carbonyl (C=O) groups is 2. The van der Waals surface area contributed by atoms with Crippen LogP contribution >= 0.6 is 0 Å². The fraction of sp³-hybridized carbons (Fsp3) is 0.333. The first-order chi connectivity index (χ1) is 13.5. The van der Waals surface area contributed by atoms with Crippen LogP contribution in [-0.2, 0) is 9.53 Å². The second-order valence-electron chi connectivity index (χ2n) is 6.64. The molecule has 0 bridgehead atoms. The van der Waals surface area contributed by atoms with Crippen LogP contribution < -0.4 is 9.64 Å². The summed E-state index contributed by atoms with van der Waals surface area (Å²) in [5.41, 5.74) is 1.88. The maximum atomic E-state index is 12.4. The van der Waals surface area contributed by atoms with E-state index >= 15 is 0 Å². The van der Waals surface area contributed by atoms with Crippen molar-refractivity contribution in [3.8, 4) is 11.5 Å². The molecule has 2 aromatic carbocycles. The lowest BCUT2D eigenvalue weighted by Crippen LogP contribution is -2.50. The number of phenols is 1. The molecule has 7 nitrogen and oxygen atoms in total. The summed E-state index contributed by atoms with van der Waals surface area (Å²) < 4.78 is 10.5. The van der Waals surface area contributed by atoms with E-state index in [1.165, 1.54) is 12.1 Å². The monoisotopic (exact) mass is 384 g/mol. The molecule has 1 heterocycles. The first-order valence-corrected chi connectivity index (χ1v) is 9.12. The van der Waals surface area contributed by atoms with E-state index in [1.54, 1.807) is 18.1 Å². The molecule has 1 saturated heterocycles. The highest BCUT2D eigenvalue weighted by atomic mass is 16.5. The van der Waals surface area contributed by atoms with Gasteiger partial charge in [-0.05, 0) is 31.2 Å². The molecular weight excluding hydrogens is 360 g/mol. The van der Waals surface area contributed by atoms with Crippen molar-refractivity contribution in [2.45, 2.75) is 6.92 Å². The van der Waals surface area contributed by atoms with Crippen molar-refractivity contribution in [2.75, 3.05) is 44.8 Å². The summed E-state index contributed by atoms with van der Waals surface area (Å²) >= 11 is 0. The summed E-state index contributed by atoms with van der Waals surface area (Å²) in [6, 6.07) is 12.4. The van der Waals surface area contributed by atoms with E-state index in [0.717, 1.165) is 17.0 Å². The first kappa shape index (κ1) is 19.5. The van der Waals surface area contributed by atoms with Gasteiger partial charge < -0.3 is 24.4 Å². The second kappa shape index (κ2) is 8.65. The van der Waals surface area contributed by atoms with Gasteiger partial charge in [0, 0.05) is 26.2 Å². The van der Waals surface area contributed by atoms with Gasteiger partial charge in [0.15, 0.2) is 6.61 Å². The van der Waals surface area contributed by atoms with Gasteiger partial charge in [-0.15, -0.1) is 0 Å². The van der Waals surface area contributed by atoms with Crippen molar-refractivity contribution in [3.05, 3.63) is 53.6 Å². The molecule has 0 unspecified atom stereocenters. The predicted octanol–water partition coefficient (Wildman–Crippen LogP) is 2.21. The van der Waals surface area contributed by atoms with E-state index in [4.69, 9.17) is 9.47 Å². The quantitative estimate of drug-likeness (QED) is 0.797. The number of carbonyl (C=O) groups excluding carboxylic acids is 2.